The first kappa shape index (κ1) is 14.7. The van der Waals surface area contributed by atoms with E-state index >= 15 is 0 Å². The molecule has 2 aromatic rings. The average molecular weight is 289 g/mol. The second-order valence-corrected chi connectivity index (χ2v) is 4.56. The number of amides is 2. The van der Waals surface area contributed by atoms with Crippen LogP contribution in [0.15, 0.2) is 36.5 Å². The molecule has 7 heteroatoms. The first-order valence-corrected chi connectivity index (χ1v) is 6.34. The van der Waals surface area contributed by atoms with Crippen LogP contribution in [0.5, 0.6) is 0 Å². The van der Waals surface area contributed by atoms with Gasteiger partial charge in [-0.15, -0.1) is 0 Å². The number of carbonyl (C=O) groups is 1. The lowest BCUT2D eigenvalue weighted by Gasteiger charge is -2.11. The molecule has 0 radical (unpaired) electrons. The summed E-state index contributed by atoms with van der Waals surface area (Å²) in [6, 6.07) is 6.98. The van der Waals surface area contributed by atoms with E-state index in [1.54, 1.807) is 23.2 Å². The molecule has 0 unspecified atom stereocenters. The highest BCUT2D eigenvalue weighted by Gasteiger charge is 2.05. The standard InChI is InChI=1S/C14H16FN5O/c1-20(2)13-16-7-6-12(18-13)9-17-14(21)19-11-5-3-4-10(15)8-11/h3-8H,9H2,1-2H3,(H2,17,19,21). The molecule has 2 amide bonds. The maximum absolute atomic E-state index is 13.0. The van der Waals surface area contributed by atoms with Gasteiger partial charge in [0.15, 0.2) is 0 Å². The van der Waals surface area contributed by atoms with Crippen LogP contribution in [0, 0.1) is 5.82 Å². The predicted octanol–water partition coefficient (Wildman–Crippen LogP) is 2.00. The minimum absolute atomic E-state index is 0.254. The monoisotopic (exact) mass is 289 g/mol. The van der Waals surface area contributed by atoms with Gasteiger partial charge in [0.2, 0.25) is 5.95 Å². The molecule has 1 heterocycles. The van der Waals surface area contributed by atoms with Crippen molar-refractivity contribution in [2.24, 2.45) is 0 Å². The summed E-state index contributed by atoms with van der Waals surface area (Å²) < 4.78 is 13.0. The number of aromatic nitrogens is 2. The summed E-state index contributed by atoms with van der Waals surface area (Å²) in [5, 5.41) is 5.20. The molecule has 0 saturated heterocycles. The van der Waals surface area contributed by atoms with Crippen molar-refractivity contribution in [2.45, 2.75) is 6.54 Å². The molecule has 0 atom stereocenters. The largest absolute Gasteiger partial charge is 0.347 e. The molecule has 0 spiro atoms. The van der Waals surface area contributed by atoms with Gasteiger partial charge in [-0.3, -0.25) is 0 Å². The molecule has 0 bridgehead atoms. The van der Waals surface area contributed by atoms with Crippen LogP contribution in [0.2, 0.25) is 0 Å². The van der Waals surface area contributed by atoms with Gasteiger partial charge in [-0.05, 0) is 24.3 Å². The third kappa shape index (κ3) is 4.41. The van der Waals surface area contributed by atoms with Crippen LogP contribution < -0.4 is 15.5 Å². The summed E-state index contributed by atoms with van der Waals surface area (Å²) in [6.07, 6.45) is 1.63. The fraction of sp³-hybridized carbons (Fsp3) is 0.214. The van der Waals surface area contributed by atoms with Crippen molar-refractivity contribution in [3.05, 3.63) is 48.0 Å². The molecule has 1 aromatic carbocycles. The van der Waals surface area contributed by atoms with E-state index in [9.17, 15) is 9.18 Å². The zero-order chi connectivity index (χ0) is 15.2. The molecule has 21 heavy (non-hydrogen) atoms. The molecule has 0 aliphatic carbocycles. The van der Waals surface area contributed by atoms with Gasteiger partial charge in [0.05, 0.1) is 12.2 Å². The topological polar surface area (TPSA) is 70.2 Å². The van der Waals surface area contributed by atoms with Crippen LogP contribution in [-0.2, 0) is 6.54 Å². The van der Waals surface area contributed by atoms with Gasteiger partial charge in [0.25, 0.3) is 0 Å². The van der Waals surface area contributed by atoms with Gasteiger partial charge in [0, 0.05) is 26.0 Å². The number of nitrogens with zero attached hydrogens (tertiary/aromatic N) is 3. The van der Waals surface area contributed by atoms with E-state index in [0.717, 1.165) is 0 Å². The summed E-state index contributed by atoms with van der Waals surface area (Å²) in [4.78, 5) is 21.9. The fourth-order valence-corrected chi connectivity index (χ4v) is 1.61. The maximum atomic E-state index is 13.0. The van der Waals surface area contributed by atoms with Crippen LogP contribution in [0.4, 0.5) is 20.8 Å². The third-order valence-electron chi connectivity index (χ3n) is 2.61. The quantitative estimate of drug-likeness (QED) is 0.903. The number of benzene rings is 1. The van der Waals surface area contributed by atoms with Crippen LogP contribution >= 0.6 is 0 Å². The maximum Gasteiger partial charge on any atom is 0.319 e. The van der Waals surface area contributed by atoms with E-state index in [-0.39, 0.29) is 6.54 Å². The average Bonchev–Trinajstić information content (AvgIpc) is 2.45. The molecule has 110 valence electrons. The van der Waals surface area contributed by atoms with E-state index in [4.69, 9.17) is 0 Å². The molecule has 0 saturated carbocycles. The summed E-state index contributed by atoms with van der Waals surface area (Å²) in [5.74, 6) is 0.166. The molecular formula is C14H16FN5O. The van der Waals surface area contributed by atoms with Crippen molar-refractivity contribution in [1.29, 1.82) is 0 Å². The van der Waals surface area contributed by atoms with Gasteiger partial charge in [-0.1, -0.05) is 6.07 Å². The van der Waals surface area contributed by atoms with Crippen molar-refractivity contribution in [3.8, 4) is 0 Å². The lowest BCUT2D eigenvalue weighted by atomic mass is 10.3. The molecule has 0 aliphatic heterocycles. The number of nitrogens with one attached hydrogen (secondary N) is 2. The summed E-state index contributed by atoms with van der Waals surface area (Å²) in [6.45, 7) is 0.254. The Hall–Kier alpha value is -2.70. The second kappa shape index (κ2) is 6.65. The van der Waals surface area contributed by atoms with Crippen LogP contribution in [0.25, 0.3) is 0 Å². The Morgan fingerprint density at radius 2 is 2.14 bits per heavy atom. The Kier molecular flexibility index (Phi) is 4.65. The SMILES string of the molecule is CN(C)c1nccc(CNC(=O)Nc2cccc(F)c2)n1. The van der Waals surface area contributed by atoms with Crippen LogP contribution in [0.1, 0.15) is 5.69 Å². The molecule has 6 nitrogen and oxygen atoms in total. The number of halogens is 1. The number of urea groups is 1. The second-order valence-electron chi connectivity index (χ2n) is 4.56. The molecule has 2 rings (SSSR count). The summed E-state index contributed by atoms with van der Waals surface area (Å²) in [5.41, 5.74) is 1.08. The van der Waals surface area contributed by atoms with Crippen molar-refractivity contribution >= 4 is 17.7 Å². The number of carbonyl (C=O) groups excluding carboxylic acids is 1. The predicted molar refractivity (Wildman–Crippen MR) is 78.6 cm³/mol. The summed E-state index contributed by atoms with van der Waals surface area (Å²) >= 11 is 0. The van der Waals surface area contributed by atoms with Gasteiger partial charge >= 0.3 is 6.03 Å². The van der Waals surface area contributed by atoms with Crippen molar-refractivity contribution in [1.82, 2.24) is 15.3 Å². The van der Waals surface area contributed by atoms with E-state index in [1.165, 1.54) is 18.2 Å². The Morgan fingerprint density at radius 1 is 1.33 bits per heavy atom. The Bertz CT molecular complexity index is 632. The van der Waals surface area contributed by atoms with Crippen molar-refractivity contribution < 1.29 is 9.18 Å². The Morgan fingerprint density at radius 3 is 2.86 bits per heavy atom. The molecule has 1 aromatic heterocycles. The zero-order valence-electron chi connectivity index (χ0n) is 11.8. The van der Waals surface area contributed by atoms with Crippen molar-refractivity contribution in [3.63, 3.8) is 0 Å². The highest BCUT2D eigenvalue weighted by atomic mass is 19.1. The molecule has 2 N–H and O–H groups in total. The van der Waals surface area contributed by atoms with Gasteiger partial charge in [0.1, 0.15) is 5.82 Å². The minimum Gasteiger partial charge on any atom is -0.347 e. The fourth-order valence-electron chi connectivity index (χ4n) is 1.61. The van der Waals surface area contributed by atoms with E-state index in [1.807, 2.05) is 14.1 Å². The van der Waals surface area contributed by atoms with Gasteiger partial charge in [-0.25, -0.2) is 19.2 Å². The van der Waals surface area contributed by atoms with E-state index < -0.39 is 11.8 Å². The van der Waals surface area contributed by atoms with Crippen LogP contribution in [0.3, 0.4) is 0 Å². The Balaban J connectivity index is 1.90. The highest BCUT2D eigenvalue weighted by Crippen LogP contribution is 2.09. The highest BCUT2D eigenvalue weighted by molar-refractivity contribution is 5.89. The minimum atomic E-state index is -0.425. The Labute approximate surface area is 122 Å². The third-order valence-corrected chi connectivity index (χ3v) is 2.61. The van der Waals surface area contributed by atoms with Gasteiger partial charge < -0.3 is 15.5 Å². The number of hydrogen-bond donors (Lipinski definition) is 2. The first-order chi connectivity index (χ1) is 10.0. The lowest BCUT2D eigenvalue weighted by molar-refractivity contribution is 0.251. The van der Waals surface area contributed by atoms with Crippen LogP contribution in [-0.4, -0.2) is 30.1 Å². The normalized spacial score (nSPS) is 10.0. The smallest absolute Gasteiger partial charge is 0.319 e. The number of hydrogen-bond acceptors (Lipinski definition) is 4. The first-order valence-electron chi connectivity index (χ1n) is 6.34. The van der Waals surface area contributed by atoms with Gasteiger partial charge in [-0.2, -0.15) is 0 Å². The summed E-state index contributed by atoms with van der Waals surface area (Å²) in [7, 11) is 3.67. The molecule has 0 fully saturated rings. The zero-order valence-corrected chi connectivity index (χ0v) is 11.8. The van der Waals surface area contributed by atoms with E-state index in [0.29, 0.717) is 17.3 Å². The molecule has 0 aliphatic rings. The molecular weight excluding hydrogens is 273 g/mol. The number of anilines is 2. The lowest BCUT2D eigenvalue weighted by Crippen LogP contribution is -2.28. The van der Waals surface area contributed by atoms with Crippen molar-refractivity contribution in [2.75, 3.05) is 24.3 Å². The number of rotatable bonds is 4. The van der Waals surface area contributed by atoms with E-state index in [2.05, 4.69) is 20.6 Å².